The van der Waals surface area contributed by atoms with Crippen LogP contribution in [-0.4, -0.2) is 23.3 Å². The lowest BCUT2D eigenvalue weighted by atomic mass is 9.99. The van der Waals surface area contributed by atoms with Crippen molar-refractivity contribution in [1.29, 1.82) is 0 Å². The molecule has 2 N–H and O–H groups in total. The molecule has 4 aromatic carbocycles. The van der Waals surface area contributed by atoms with Crippen molar-refractivity contribution in [3.05, 3.63) is 119 Å². The summed E-state index contributed by atoms with van der Waals surface area (Å²) in [5.74, 6) is 0.267. The summed E-state index contributed by atoms with van der Waals surface area (Å²) in [7, 11) is -4.08. The minimum Gasteiger partial charge on any atom is -0.348 e. The van der Waals surface area contributed by atoms with E-state index in [1.807, 2.05) is 31.2 Å². The SMILES string of the molecule is C[C@H](Nc1nccc(NS(=O)(=O)c2cccc([N+](=O)[O-])c2)n1)c1ccc(-c2ccc3ccccc3c2)cc1. The molecule has 0 unspecified atom stereocenters. The molecule has 38 heavy (non-hydrogen) atoms. The minimum absolute atomic E-state index is 0.0351. The lowest BCUT2D eigenvalue weighted by Crippen LogP contribution is -2.15. The van der Waals surface area contributed by atoms with Gasteiger partial charge < -0.3 is 5.32 Å². The maximum Gasteiger partial charge on any atom is 0.270 e. The molecule has 0 spiro atoms. The number of aromatic nitrogens is 2. The van der Waals surface area contributed by atoms with Crippen LogP contribution in [0.15, 0.2) is 108 Å². The largest absolute Gasteiger partial charge is 0.348 e. The van der Waals surface area contributed by atoms with Crippen molar-refractivity contribution >= 4 is 38.2 Å². The first-order valence-electron chi connectivity index (χ1n) is 11.7. The van der Waals surface area contributed by atoms with Crippen LogP contribution in [0.1, 0.15) is 18.5 Å². The summed E-state index contributed by atoms with van der Waals surface area (Å²) in [5.41, 5.74) is 2.91. The molecule has 5 rings (SSSR count). The Morgan fingerprint density at radius 3 is 2.34 bits per heavy atom. The maximum absolute atomic E-state index is 12.7. The Morgan fingerprint density at radius 1 is 0.842 bits per heavy atom. The third-order valence-corrected chi connectivity index (χ3v) is 7.42. The van der Waals surface area contributed by atoms with Crippen LogP contribution in [-0.2, 0) is 10.0 Å². The van der Waals surface area contributed by atoms with Crippen LogP contribution in [0.3, 0.4) is 0 Å². The molecule has 0 saturated carbocycles. The van der Waals surface area contributed by atoms with Crippen LogP contribution in [0.4, 0.5) is 17.5 Å². The lowest BCUT2D eigenvalue weighted by Gasteiger charge is -2.16. The summed E-state index contributed by atoms with van der Waals surface area (Å²) in [4.78, 5) is 18.6. The summed E-state index contributed by atoms with van der Waals surface area (Å²) in [6, 6.07) is 28.8. The zero-order valence-corrected chi connectivity index (χ0v) is 21.1. The average molecular weight is 526 g/mol. The Morgan fingerprint density at radius 2 is 1.58 bits per heavy atom. The Bertz CT molecular complexity index is 1740. The van der Waals surface area contributed by atoms with Gasteiger partial charge in [0.05, 0.1) is 15.9 Å². The number of nitrogens with zero attached hydrogens (tertiary/aromatic N) is 3. The maximum atomic E-state index is 12.7. The number of nitro groups is 1. The molecule has 9 nitrogen and oxygen atoms in total. The molecule has 0 aliphatic rings. The van der Waals surface area contributed by atoms with Crippen molar-refractivity contribution in [1.82, 2.24) is 9.97 Å². The van der Waals surface area contributed by atoms with Crippen LogP contribution in [0.25, 0.3) is 21.9 Å². The standard InChI is InChI=1S/C28H23N5O4S/c1-19(20-9-11-22(12-10-20)24-14-13-21-5-2-3-6-23(21)17-24)30-28-29-16-15-27(31-28)32-38(36,37)26-8-4-7-25(18-26)33(34)35/h2-19H,1H3,(H2,29,30,31,32)/t19-/m0/s1. The van der Waals surface area contributed by atoms with Crippen molar-refractivity contribution in [2.45, 2.75) is 17.9 Å². The van der Waals surface area contributed by atoms with E-state index in [1.165, 1.54) is 41.2 Å². The van der Waals surface area contributed by atoms with Gasteiger partial charge in [0.15, 0.2) is 0 Å². The highest BCUT2D eigenvalue weighted by Gasteiger charge is 2.19. The highest BCUT2D eigenvalue weighted by atomic mass is 32.2. The third kappa shape index (κ3) is 5.45. The second kappa shape index (κ2) is 10.3. The molecule has 10 heteroatoms. The number of nitro benzene ring substituents is 1. The van der Waals surface area contributed by atoms with Crippen LogP contribution in [0.5, 0.6) is 0 Å². The normalized spacial score (nSPS) is 12.1. The van der Waals surface area contributed by atoms with E-state index in [2.05, 4.69) is 62.5 Å². The van der Waals surface area contributed by atoms with Crippen molar-refractivity contribution in [2.75, 3.05) is 10.0 Å². The van der Waals surface area contributed by atoms with E-state index in [0.29, 0.717) is 0 Å². The van der Waals surface area contributed by atoms with Gasteiger partial charge in [0.25, 0.3) is 15.7 Å². The summed E-state index contributed by atoms with van der Waals surface area (Å²) < 4.78 is 27.8. The number of fused-ring (bicyclic) bond motifs is 1. The van der Waals surface area contributed by atoms with Crippen LogP contribution >= 0.6 is 0 Å². The molecule has 1 atom stereocenters. The molecule has 0 radical (unpaired) electrons. The predicted molar refractivity (Wildman–Crippen MR) is 147 cm³/mol. The van der Waals surface area contributed by atoms with Gasteiger partial charge in [0.2, 0.25) is 5.95 Å². The zero-order valence-electron chi connectivity index (χ0n) is 20.3. The van der Waals surface area contributed by atoms with Crippen molar-refractivity contribution in [3.8, 4) is 11.1 Å². The first-order chi connectivity index (χ1) is 18.3. The number of nitrogens with one attached hydrogen (secondary N) is 2. The Balaban J connectivity index is 1.29. The smallest absolute Gasteiger partial charge is 0.270 e. The van der Waals surface area contributed by atoms with E-state index in [-0.39, 0.29) is 28.4 Å². The lowest BCUT2D eigenvalue weighted by molar-refractivity contribution is -0.385. The van der Waals surface area contributed by atoms with Gasteiger partial charge in [-0.25, -0.2) is 13.4 Å². The van der Waals surface area contributed by atoms with E-state index in [1.54, 1.807) is 0 Å². The quantitative estimate of drug-likeness (QED) is 0.183. The van der Waals surface area contributed by atoms with Gasteiger partial charge in [-0.3, -0.25) is 14.8 Å². The van der Waals surface area contributed by atoms with E-state index in [9.17, 15) is 18.5 Å². The zero-order chi connectivity index (χ0) is 26.7. The number of non-ortho nitro benzene ring substituents is 1. The number of anilines is 2. The van der Waals surface area contributed by atoms with E-state index in [0.717, 1.165) is 22.8 Å². The van der Waals surface area contributed by atoms with E-state index < -0.39 is 14.9 Å². The van der Waals surface area contributed by atoms with Crippen LogP contribution in [0.2, 0.25) is 0 Å². The van der Waals surface area contributed by atoms with Gasteiger partial charge in [-0.1, -0.05) is 66.7 Å². The highest BCUT2D eigenvalue weighted by Crippen LogP contribution is 2.27. The van der Waals surface area contributed by atoms with Crippen LogP contribution < -0.4 is 10.0 Å². The number of hydrogen-bond donors (Lipinski definition) is 2. The number of benzene rings is 4. The van der Waals surface area contributed by atoms with E-state index in [4.69, 9.17) is 0 Å². The highest BCUT2D eigenvalue weighted by molar-refractivity contribution is 7.92. The molecule has 0 aliphatic carbocycles. The topological polar surface area (TPSA) is 127 Å². The Labute approximate surface area is 219 Å². The van der Waals surface area contributed by atoms with E-state index >= 15 is 0 Å². The Hall–Kier alpha value is -4.83. The summed E-state index contributed by atoms with van der Waals surface area (Å²) in [6.45, 7) is 1.95. The second-order valence-corrected chi connectivity index (χ2v) is 10.4. The number of rotatable bonds is 8. The monoisotopic (exact) mass is 525 g/mol. The molecule has 0 saturated heterocycles. The fraction of sp³-hybridized carbons (Fsp3) is 0.0714. The van der Waals surface area contributed by atoms with Gasteiger partial charge >= 0.3 is 0 Å². The van der Waals surface area contributed by atoms with Gasteiger partial charge in [-0.05, 0) is 52.6 Å². The van der Waals surface area contributed by atoms with Gasteiger partial charge in [0, 0.05) is 18.3 Å². The molecule has 5 aromatic rings. The average Bonchev–Trinajstić information content (AvgIpc) is 2.93. The second-order valence-electron chi connectivity index (χ2n) is 8.68. The summed E-state index contributed by atoms with van der Waals surface area (Å²) in [6.07, 6.45) is 1.43. The van der Waals surface area contributed by atoms with Gasteiger partial charge in [-0.15, -0.1) is 0 Å². The fourth-order valence-corrected chi connectivity index (χ4v) is 5.10. The molecule has 0 aliphatic heterocycles. The molecule has 0 bridgehead atoms. The molecule has 190 valence electrons. The first kappa shape index (κ1) is 24.8. The van der Waals surface area contributed by atoms with Gasteiger partial charge in [0.1, 0.15) is 5.82 Å². The molecule has 1 heterocycles. The summed E-state index contributed by atoms with van der Waals surface area (Å²) >= 11 is 0. The molecule has 1 aromatic heterocycles. The van der Waals surface area contributed by atoms with Gasteiger partial charge in [-0.2, -0.15) is 4.98 Å². The van der Waals surface area contributed by atoms with Crippen molar-refractivity contribution in [3.63, 3.8) is 0 Å². The molecular formula is C28H23N5O4S. The van der Waals surface area contributed by atoms with Crippen LogP contribution in [0, 0.1) is 10.1 Å². The third-order valence-electron chi connectivity index (χ3n) is 6.07. The first-order valence-corrected chi connectivity index (χ1v) is 13.2. The molecule has 0 amide bonds. The summed E-state index contributed by atoms with van der Waals surface area (Å²) in [5, 5.41) is 16.6. The molecule has 0 fully saturated rings. The molecular weight excluding hydrogens is 502 g/mol. The predicted octanol–water partition coefficient (Wildman–Crippen LogP) is 6.18. The van der Waals surface area contributed by atoms with Crippen molar-refractivity contribution < 1.29 is 13.3 Å². The number of hydrogen-bond acceptors (Lipinski definition) is 7. The Kier molecular flexibility index (Phi) is 6.71. The van der Waals surface area contributed by atoms with Crippen molar-refractivity contribution in [2.24, 2.45) is 0 Å². The fourth-order valence-electron chi connectivity index (χ4n) is 4.06. The minimum atomic E-state index is -4.08. The number of sulfonamides is 1.